The van der Waals surface area contributed by atoms with E-state index in [1.165, 1.54) is 48.7 Å². The zero-order valence-corrected chi connectivity index (χ0v) is 12.3. The number of aliphatic hydroxyl groups excluding tert-OH is 1. The number of unbranched alkanes of at least 4 members (excludes halogenated alkanes) is 7. The average Bonchev–Trinajstić information content (AvgIpc) is 2.99. The van der Waals surface area contributed by atoms with Crippen LogP contribution in [-0.2, 0) is 0 Å². The molecule has 0 radical (unpaired) electrons. The predicted molar refractivity (Wildman–Crippen MR) is 63.9 cm³/mol. The fourth-order valence-electron chi connectivity index (χ4n) is 1.62. The van der Waals surface area contributed by atoms with Crippen molar-refractivity contribution in [2.75, 3.05) is 6.61 Å². The number of aliphatic hydroxyl groups is 1. The molecule has 1 heterocycles. The van der Waals surface area contributed by atoms with Gasteiger partial charge in [0, 0.05) is 0 Å². The van der Waals surface area contributed by atoms with Crippen molar-refractivity contribution < 1.29 is 5.11 Å². The Morgan fingerprint density at radius 1 is 0.714 bits per heavy atom. The molecule has 1 N–H and O–H groups in total. The Bertz CT molecular complexity index is 126. The number of hydrogen-bond acceptors (Lipinski definition) is 1. The van der Waals surface area contributed by atoms with Gasteiger partial charge in [0.05, 0.1) is 0 Å². The second kappa shape index (κ2) is 9.24. The van der Waals surface area contributed by atoms with Crippen LogP contribution in [0.3, 0.4) is 0 Å². The van der Waals surface area contributed by atoms with Gasteiger partial charge in [-0.2, -0.15) is 0 Å². The first-order valence-electron chi connectivity index (χ1n) is 5.86. The molecule has 84 valence electrons. The Morgan fingerprint density at radius 3 is 1.71 bits per heavy atom. The van der Waals surface area contributed by atoms with Crippen molar-refractivity contribution >= 4 is 26.3 Å². The fourth-order valence-corrected chi connectivity index (χ4v) is 5.84. The van der Waals surface area contributed by atoms with E-state index in [-0.39, 0.29) is 0 Å². The van der Waals surface area contributed by atoms with E-state index in [1.807, 2.05) is 0 Å². The molecule has 0 atom stereocenters. The molecule has 0 aromatic carbocycles. The van der Waals surface area contributed by atoms with Gasteiger partial charge in [-0.15, -0.1) is 0 Å². The van der Waals surface area contributed by atoms with Crippen molar-refractivity contribution in [2.45, 2.75) is 61.5 Å². The van der Waals surface area contributed by atoms with Crippen LogP contribution >= 0.6 is 0 Å². The molecule has 0 aliphatic carbocycles. The van der Waals surface area contributed by atoms with Crippen LogP contribution < -0.4 is 0 Å². The van der Waals surface area contributed by atoms with Gasteiger partial charge in [-0.05, 0) is 0 Å². The van der Waals surface area contributed by atoms with Crippen LogP contribution in [0.5, 0.6) is 0 Å². The monoisotopic (exact) mass is 330 g/mol. The summed E-state index contributed by atoms with van der Waals surface area (Å²) < 4.78 is 1.25. The molecule has 1 fully saturated rings. The molecule has 0 spiro atoms. The molecule has 1 aliphatic heterocycles. The van der Waals surface area contributed by atoms with Gasteiger partial charge in [-0.25, -0.2) is 0 Å². The van der Waals surface area contributed by atoms with Gasteiger partial charge in [0.2, 0.25) is 0 Å². The van der Waals surface area contributed by atoms with Crippen molar-refractivity contribution in [1.29, 1.82) is 0 Å². The molecule has 0 amide bonds. The Hall–Kier alpha value is 0.999. The van der Waals surface area contributed by atoms with E-state index in [1.54, 1.807) is 6.42 Å². The molecule has 0 unspecified atom stereocenters. The summed E-state index contributed by atoms with van der Waals surface area (Å²) >= 11 is 2.24. The maximum absolute atomic E-state index is 8.60. The number of rotatable bonds is 10. The van der Waals surface area contributed by atoms with Crippen LogP contribution in [0.1, 0.15) is 57.8 Å². The van der Waals surface area contributed by atoms with Crippen LogP contribution in [0.15, 0.2) is 0 Å². The van der Waals surface area contributed by atoms with Gasteiger partial charge in [0.1, 0.15) is 0 Å². The molecule has 3 heteroatoms. The van der Waals surface area contributed by atoms with Crippen molar-refractivity contribution in [3.63, 3.8) is 0 Å². The standard InChI is InChI=1S/C11H22OSe2/c12-10-8-6-4-2-1-3-5-7-9-11-13-14-11/h11-12H,1-10H2. The summed E-state index contributed by atoms with van der Waals surface area (Å²) in [5.74, 6) is 0. The molecule has 1 aliphatic rings. The topological polar surface area (TPSA) is 20.2 Å². The molecule has 0 aromatic rings. The van der Waals surface area contributed by atoms with E-state index in [2.05, 4.69) is 0 Å². The van der Waals surface area contributed by atoms with Crippen LogP contribution in [0.25, 0.3) is 0 Å². The van der Waals surface area contributed by atoms with Crippen LogP contribution in [0.4, 0.5) is 0 Å². The molecule has 14 heavy (non-hydrogen) atoms. The third-order valence-electron chi connectivity index (χ3n) is 2.58. The quantitative estimate of drug-likeness (QED) is 0.483. The van der Waals surface area contributed by atoms with E-state index in [9.17, 15) is 0 Å². The first-order valence-corrected chi connectivity index (χ1v) is 12.2. The third kappa shape index (κ3) is 8.32. The first kappa shape index (κ1) is 13.1. The van der Waals surface area contributed by atoms with E-state index in [4.69, 9.17) is 5.11 Å². The molecular weight excluding hydrogens is 306 g/mol. The Morgan fingerprint density at radius 2 is 1.21 bits per heavy atom. The molecule has 0 aromatic heterocycles. The molecule has 0 saturated carbocycles. The SMILES string of the molecule is OCCCCCCCCCCC1[Se][Se]1. The van der Waals surface area contributed by atoms with Gasteiger partial charge in [-0.1, -0.05) is 0 Å². The van der Waals surface area contributed by atoms with Crippen molar-refractivity contribution in [3.8, 4) is 0 Å². The van der Waals surface area contributed by atoms with Gasteiger partial charge in [-0.3, -0.25) is 0 Å². The van der Waals surface area contributed by atoms with Crippen LogP contribution in [0, 0.1) is 0 Å². The van der Waals surface area contributed by atoms with E-state index >= 15 is 0 Å². The summed E-state index contributed by atoms with van der Waals surface area (Å²) in [6.45, 7) is 0.380. The normalized spacial score (nSPS) is 16.1. The summed E-state index contributed by atoms with van der Waals surface area (Å²) in [4.78, 5) is 0. The third-order valence-corrected chi connectivity index (χ3v) is 9.61. The second-order valence-electron chi connectivity index (χ2n) is 3.96. The molecule has 1 saturated heterocycles. The van der Waals surface area contributed by atoms with Crippen molar-refractivity contribution in [3.05, 3.63) is 0 Å². The van der Waals surface area contributed by atoms with Crippen molar-refractivity contribution in [2.24, 2.45) is 0 Å². The van der Waals surface area contributed by atoms with Crippen LogP contribution in [-0.4, -0.2) is 38.0 Å². The zero-order chi connectivity index (χ0) is 10.1. The van der Waals surface area contributed by atoms with Gasteiger partial charge in [0.15, 0.2) is 0 Å². The Kier molecular flexibility index (Phi) is 8.62. The first-order chi connectivity index (χ1) is 6.93. The Balaban J connectivity index is 1.63. The minimum absolute atomic E-state index is 0.380. The molecule has 1 nitrogen and oxygen atoms in total. The summed E-state index contributed by atoms with van der Waals surface area (Å²) in [6.07, 6.45) is 12.4. The van der Waals surface area contributed by atoms with E-state index in [0.29, 0.717) is 6.61 Å². The van der Waals surface area contributed by atoms with E-state index in [0.717, 1.165) is 32.7 Å². The van der Waals surface area contributed by atoms with E-state index < -0.39 is 0 Å². The molecule has 0 bridgehead atoms. The summed E-state index contributed by atoms with van der Waals surface area (Å²) in [6, 6.07) is 0. The molecular formula is C11H22OSe2. The Labute approximate surface area is 99.3 Å². The van der Waals surface area contributed by atoms with Gasteiger partial charge >= 0.3 is 99.5 Å². The fraction of sp³-hybridized carbons (Fsp3) is 1.00. The van der Waals surface area contributed by atoms with Crippen LogP contribution in [0.2, 0.25) is 3.71 Å². The predicted octanol–water partition coefficient (Wildman–Crippen LogP) is 2.57. The van der Waals surface area contributed by atoms with Gasteiger partial charge in [0.25, 0.3) is 0 Å². The average molecular weight is 328 g/mol. The zero-order valence-electron chi connectivity index (χ0n) is 8.91. The maximum atomic E-state index is 8.60. The minimum atomic E-state index is 0.380. The number of hydrogen-bond donors (Lipinski definition) is 1. The summed E-state index contributed by atoms with van der Waals surface area (Å²) in [5.41, 5.74) is 0. The summed E-state index contributed by atoms with van der Waals surface area (Å²) in [7, 11) is 0. The molecule has 1 rings (SSSR count). The van der Waals surface area contributed by atoms with Crippen molar-refractivity contribution in [1.82, 2.24) is 0 Å². The van der Waals surface area contributed by atoms with Gasteiger partial charge < -0.3 is 0 Å². The summed E-state index contributed by atoms with van der Waals surface area (Å²) in [5, 5.41) is 8.60. The second-order valence-corrected chi connectivity index (χ2v) is 12.9.